The van der Waals surface area contributed by atoms with Crippen LogP contribution in [0.2, 0.25) is 0 Å². The Hall–Kier alpha value is -1.01. The number of allylic oxidation sites excluding steroid dienone is 3. The fraction of sp³-hybridized carbons (Fsp3) is 0.815. The molecule has 0 spiro atoms. The van der Waals surface area contributed by atoms with Crippen LogP contribution < -0.4 is 0 Å². The molecule has 2 saturated carbocycles. The molecule has 0 aromatic carbocycles. The van der Waals surface area contributed by atoms with Crippen LogP contribution in [0.4, 0.5) is 0 Å². The van der Waals surface area contributed by atoms with Gasteiger partial charge in [0, 0.05) is 11.0 Å². The summed E-state index contributed by atoms with van der Waals surface area (Å²) in [6, 6.07) is 0. The van der Waals surface area contributed by atoms with E-state index in [1.165, 1.54) is 5.57 Å². The highest BCUT2D eigenvalue weighted by Crippen LogP contribution is 2.66. The summed E-state index contributed by atoms with van der Waals surface area (Å²) in [5.41, 5.74) is 0.0264. The van der Waals surface area contributed by atoms with Crippen LogP contribution in [-0.4, -0.2) is 50.1 Å². The summed E-state index contributed by atoms with van der Waals surface area (Å²) in [4.78, 5) is 13.1. The van der Waals surface area contributed by atoms with E-state index < -0.39 is 29.3 Å². The summed E-state index contributed by atoms with van der Waals surface area (Å²) in [5, 5.41) is 43.0. The zero-order chi connectivity index (χ0) is 23.6. The van der Waals surface area contributed by atoms with Crippen molar-refractivity contribution >= 4 is 5.78 Å². The molecule has 0 saturated heterocycles. The first-order valence-electron chi connectivity index (χ1n) is 12.6. The minimum atomic E-state index is -1.16. The van der Waals surface area contributed by atoms with Crippen molar-refractivity contribution in [3.63, 3.8) is 0 Å². The van der Waals surface area contributed by atoms with Crippen molar-refractivity contribution in [3.8, 4) is 0 Å². The van der Waals surface area contributed by atoms with Crippen molar-refractivity contribution in [1.29, 1.82) is 0 Å². The lowest BCUT2D eigenvalue weighted by molar-refractivity contribution is -0.139. The standard InChI is InChI=1S/C27H42O5/c1-15(2)6-9-24(31)27(5,32)23-8-7-17-16-12-20(28)19-13-21(29)22(30)14-26(19,4)18(16)10-11-25(17,23)3/h12-13,15,17-18,21-24,29-32H,6-11,14H2,1-5H3/t17?,18?,21-,22-,23-,24+,25-,26+,27-/m0/s1. The van der Waals surface area contributed by atoms with Gasteiger partial charge in [-0.15, -0.1) is 0 Å². The van der Waals surface area contributed by atoms with E-state index in [1.54, 1.807) is 12.2 Å². The molecule has 4 N–H and O–H groups in total. The Morgan fingerprint density at radius 1 is 1.12 bits per heavy atom. The highest BCUT2D eigenvalue weighted by molar-refractivity contribution is 6.07. The van der Waals surface area contributed by atoms with Crippen LogP contribution >= 0.6 is 0 Å². The molecule has 0 aromatic heterocycles. The maximum absolute atomic E-state index is 13.1. The average molecular weight is 447 g/mol. The van der Waals surface area contributed by atoms with Crippen molar-refractivity contribution in [1.82, 2.24) is 0 Å². The summed E-state index contributed by atoms with van der Waals surface area (Å²) in [6.45, 7) is 10.4. The van der Waals surface area contributed by atoms with E-state index in [2.05, 4.69) is 27.7 Å². The second-order valence-corrected chi connectivity index (χ2v) is 12.3. The number of hydrogen-bond acceptors (Lipinski definition) is 5. The number of carbonyl (C=O) groups is 1. The third-order valence-electron chi connectivity index (χ3n) is 9.82. The molecule has 0 aliphatic heterocycles. The highest BCUT2D eigenvalue weighted by atomic mass is 16.3. The van der Waals surface area contributed by atoms with Gasteiger partial charge in [0.15, 0.2) is 5.78 Å². The first-order chi connectivity index (χ1) is 14.8. The monoisotopic (exact) mass is 446 g/mol. The van der Waals surface area contributed by atoms with Crippen LogP contribution in [0, 0.1) is 34.5 Å². The highest BCUT2D eigenvalue weighted by Gasteiger charge is 2.61. The lowest BCUT2D eigenvalue weighted by Gasteiger charge is -2.56. The lowest BCUT2D eigenvalue weighted by atomic mass is 9.49. The second-order valence-electron chi connectivity index (χ2n) is 12.3. The summed E-state index contributed by atoms with van der Waals surface area (Å²) >= 11 is 0. The number of aliphatic hydroxyl groups excluding tert-OH is 3. The van der Waals surface area contributed by atoms with Gasteiger partial charge < -0.3 is 20.4 Å². The van der Waals surface area contributed by atoms with Gasteiger partial charge in [-0.1, -0.05) is 33.3 Å². The van der Waals surface area contributed by atoms with Gasteiger partial charge in [-0.05, 0) is 93.1 Å². The van der Waals surface area contributed by atoms with Gasteiger partial charge in [-0.2, -0.15) is 0 Å². The Bertz CT molecular complexity index is 826. The van der Waals surface area contributed by atoms with Gasteiger partial charge in [0.05, 0.1) is 23.9 Å². The maximum Gasteiger partial charge on any atom is 0.182 e. The zero-order valence-corrected chi connectivity index (χ0v) is 20.3. The zero-order valence-electron chi connectivity index (χ0n) is 20.3. The lowest BCUT2D eigenvalue weighted by Crippen LogP contribution is -2.55. The van der Waals surface area contributed by atoms with Crippen molar-refractivity contribution in [2.24, 2.45) is 34.5 Å². The fourth-order valence-corrected chi connectivity index (χ4v) is 7.92. The van der Waals surface area contributed by atoms with Crippen LogP contribution in [0.5, 0.6) is 0 Å². The van der Waals surface area contributed by atoms with Crippen LogP contribution in [0.25, 0.3) is 0 Å². The van der Waals surface area contributed by atoms with Crippen molar-refractivity contribution in [3.05, 3.63) is 23.3 Å². The van der Waals surface area contributed by atoms with E-state index in [4.69, 9.17) is 0 Å². The molecule has 180 valence electrons. The Kier molecular flexibility index (Phi) is 6.06. The summed E-state index contributed by atoms with van der Waals surface area (Å²) in [6.07, 6.45) is 6.22. The Morgan fingerprint density at radius 2 is 1.81 bits per heavy atom. The smallest absolute Gasteiger partial charge is 0.182 e. The molecular weight excluding hydrogens is 404 g/mol. The summed E-state index contributed by atoms with van der Waals surface area (Å²) in [5.74, 6) is 0.778. The van der Waals surface area contributed by atoms with Gasteiger partial charge in [-0.25, -0.2) is 0 Å². The van der Waals surface area contributed by atoms with E-state index in [-0.39, 0.29) is 29.0 Å². The molecule has 0 amide bonds. The molecule has 0 bridgehead atoms. The molecule has 2 unspecified atom stereocenters. The minimum absolute atomic E-state index is 0.0253. The molecule has 0 radical (unpaired) electrons. The number of fused-ring (bicyclic) bond motifs is 5. The molecule has 4 aliphatic rings. The topological polar surface area (TPSA) is 98.0 Å². The average Bonchev–Trinajstić information content (AvgIpc) is 3.06. The van der Waals surface area contributed by atoms with Crippen LogP contribution in [0.3, 0.4) is 0 Å². The summed E-state index contributed by atoms with van der Waals surface area (Å²) in [7, 11) is 0. The van der Waals surface area contributed by atoms with Gasteiger partial charge in [0.25, 0.3) is 0 Å². The number of rotatable bonds is 5. The molecule has 0 heterocycles. The normalized spacial score (nSPS) is 44.2. The molecule has 0 aromatic rings. The van der Waals surface area contributed by atoms with E-state index >= 15 is 0 Å². The van der Waals surface area contributed by atoms with Gasteiger partial charge in [0.1, 0.15) is 0 Å². The first-order valence-corrected chi connectivity index (χ1v) is 12.6. The third-order valence-corrected chi connectivity index (χ3v) is 9.82. The molecular formula is C27H42O5. The van der Waals surface area contributed by atoms with Crippen molar-refractivity contribution in [2.75, 3.05) is 0 Å². The molecule has 2 fully saturated rings. The van der Waals surface area contributed by atoms with Crippen LogP contribution in [0.1, 0.15) is 79.6 Å². The number of carbonyl (C=O) groups excluding carboxylic acids is 1. The van der Waals surface area contributed by atoms with Crippen LogP contribution in [-0.2, 0) is 4.79 Å². The summed E-state index contributed by atoms with van der Waals surface area (Å²) < 4.78 is 0. The Morgan fingerprint density at radius 3 is 2.47 bits per heavy atom. The largest absolute Gasteiger partial charge is 0.390 e. The fourth-order valence-electron chi connectivity index (χ4n) is 7.92. The maximum atomic E-state index is 13.1. The molecule has 5 heteroatoms. The SMILES string of the molecule is CC(C)CC[C@@H](O)[C@@](C)(O)[C@H]1CCC2C3=CC(=O)C4=C[C@H](O)[C@@H](O)C[C@]4(C)C3CC[C@@]21C. The van der Waals surface area contributed by atoms with Crippen molar-refractivity contribution < 1.29 is 25.2 Å². The van der Waals surface area contributed by atoms with Crippen molar-refractivity contribution in [2.45, 2.75) is 103 Å². The number of hydrogen-bond donors (Lipinski definition) is 4. The molecule has 5 nitrogen and oxygen atoms in total. The minimum Gasteiger partial charge on any atom is -0.390 e. The van der Waals surface area contributed by atoms with Crippen LogP contribution in [0.15, 0.2) is 23.3 Å². The third kappa shape index (κ3) is 3.55. The predicted octanol–water partition coefficient (Wildman–Crippen LogP) is 3.54. The first kappa shape index (κ1) is 24.1. The van der Waals surface area contributed by atoms with Gasteiger partial charge >= 0.3 is 0 Å². The van der Waals surface area contributed by atoms with Gasteiger partial charge in [-0.3, -0.25) is 4.79 Å². The Labute approximate surface area is 192 Å². The van der Waals surface area contributed by atoms with E-state index in [0.29, 0.717) is 24.3 Å². The van der Waals surface area contributed by atoms with E-state index in [0.717, 1.165) is 32.1 Å². The Balaban J connectivity index is 1.65. The van der Waals surface area contributed by atoms with Gasteiger partial charge in [0.2, 0.25) is 0 Å². The molecule has 9 atom stereocenters. The van der Waals surface area contributed by atoms with E-state index in [1.807, 2.05) is 6.92 Å². The number of ketones is 1. The van der Waals surface area contributed by atoms with E-state index in [9.17, 15) is 25.2 Å². The number of aliphatic hydroxyl groups is 4. The molecule has 4 rings (SSSR count). The predicted molar refractivity (Wildman–Crippen MR) is 124 cm³/mol. The molecule has 32 heavy (non-hydrogen) atoms. The second kappa shape index (κ2) is 8.04. The molecule has 4 aliphatic carbocycles. The quantitative estimate of drug-likeness (QED) is 0.518.